The van der Waals surface area contributed by atoms with Gasteiger partial charge < -0.3 is 19.8 Å². The summed E-state index contributed by atoms with van der Waals surface area (Å²) in [4.78, 5) is 35.8. The second-order valence-corrected chi connectivity index (χ2v) is 14.3. The van der Waals surface area contributed by atoms with Crippen LogP contribution in [0.4, 0.5) is 4.79 Å². The van der Waals surface area contributed by atoms with Crippen molar-refractivity contribution in [2.45, 2.75) is 75.5 Å². The van der Waals surface area contributed by atoms with Crippen molar-refractivity contribution in [1.82, 2.24) is 19.6 Å². The second-order valence-electron chi connectivity index (χ2n) is 13.1. The van der Waals surface area contributed by atoms with E-state index in [-0.39, 0.29) is 23.0 Å². The number of urea groups is 1. The smallest absolute Gasteiger partial charge is 0.320 e. The van der Waals surface area contributed by atoms with E-state index in [2.05, 4.69) is 49.3 Å². The van der Waals surface area contributed by atoms with E-state index in [9.17, 15) is 14.7 Å². The van der Waals surface area contributed by atoms with Gasteiger partial charge in [0.2, 0.25) is 5.91 Å². The van der Waals surface area contributed by atoms with Crippen LogP contribution in [0.25, 0.3) is 0 Å². The van der Waals surface area contributed by atoms with Gasteiger partial charge in [0.15, 0.2) is 0 Å². The number of carbonyl (C=O) groups excluding carboxylic acids is 2. The highest BCUT2D eigenvalue weighted by atomic mass is 32.2. The topological polar surface area (TPSA) is 67.3 Å². The van der Waals surface area contributed by atoms with Crippen molar-refractivity contribution < 1.29 is 14.7 Å². The lowest BCUT2D eigenvalue weighted by molar-refractivity contribution is -0.140. The Balaban J connectivity index is 1.38. The van der Waals surface area contributed by atoms with Crippen LogP contribution in [-0.4, -0.2) is 106 Å². The highest BCUT2D eigenvalue weighted by Crippen LogP contribution is 2.50. The van der Waals surface area contributed by atoms with E-state index in [0.29, 0.717) is 19.6 Å². The number of rotatable bonds is 7. The number of aliphatic hydroxyl groups is 1. The van der Waals surface area contributed by atoms with Gasteiger partial charge in [-0.3, -0.25) is 9.69 Å². The summed E-state index contributed by atoms with van der Waals surface area (Å²) in [5.74, 6) is 2.11. The van der Waals surface area contributed by atoms with Crippen LogP contribution in [0, 0.1) is 5.41 Å². The van der Waals surface area contributed by atoms with Crippen molar-refractivity contribution in [3.8, 4) is 0 Å². The summed E-state index contributed by atoms with van der Waals surface area (Å²) in [5.41, 5.74) is -0.461. The summed E-state index contributed by atoms with van der Waals surface area (Å²) >= 11 is 1.90. The van der Waals surface area contributed by atoms with E-state index in [0.717, 1.165) is 69.5 Å². The molecule has 4 fully saturated rings. The zero-order valence-electron chi connectivity index (χ0n) is 23.7. The molecule has 1 aromatic rings. The van der Waals surface area contributed by atoms with Crippen molar-refractivity contribution >= 4 is 23.7 Å². The molecule has 1 aromatic carbocycles. The molecule has 0 unspecified atom stereocenters. The maximum atomic E-state index is 14.0. The molecular formula is C30H46N4O3S. The molecule has 210 valence electrons. The standard InChI is InChI=1S/C30H46N4O3S/c1-27(2,25(35)32-17-19-38-20-18-32)21-33-22-28(34(26(33)36)23-29(37)11-8-12-29)13-15-30(16-14-28,31(3)4)24-9-6-5-7-10-24/h5-7,9-10,37H,8,11-23H2,1-4H3. The Labute approximate surface area is 232 Å². The fourth-order valence-corrected chi connectivity index (χ4v) is 8.22. The molecule has 0 atom stereocenters. The minimum absolute atomic E-state index is 0.00235. The third-order valence-electron chi connectivity index (χ3n) is 9.93. The average Bonchev–Trinajstić information content (AvgIpc) is 3.13. The van der Waals surface area contributed by atoms with Crippen molar-refractivity contribution in [2.75, 3.05) is 58.3 Å². The summed E-state index contributed by atoms with van der Waals surface area (Å²) in [6, 6.07) is 10.8. The first-order valence-corrected chi connectivity index (χ1v) is 15.6. The van der Waals surface area contributed by atoms with E-state index >= 15 is 0 Å². The summed E-state index contributed by atoms with van der Waals surface area (Å²) in [6.07, 6.45) is 6.21. The van der Waals surface area contributed by atoms with E-state index in [1.807, 2.05) is 40.3 Å². The van der Waals surface area contributed by atoms with Crippen LogP contribution in [0.15, 0.2) is 30.3 Å². The fourth-order valence-electron chi connectivity index (χ4n) is 7.32. The van der Waals surface area contributed by atoms with E-state index in [1.54, 1.807) is 0 Å². The largest absolute Gasteiger partial charge is 0.388 e. The van der Waals surface area contributed by atoms with Crippen molar-refractivity contribution in [1.29, 1.82) is 0 Å². The highest BCUT2D eigenvalue weighted by Gasteiger charge is 2.57. The lowest BCUT2D eigenvalue weighted by Gasteiger charge is -2.52. The molecule has 3 amide bonds. The van der Waals surface area contributed by atoms with Gasteiger partial charge in [-0.25, -0.2) is 4.79 Å². The minimum atomic E-state index is -0.773. The number of carbonyl (C=O) groups is 2. The monoisotopic (exact) mass is 542 g/mol. The number of β-amino-alcohol motifs (C(OH)–C–C–N with tert-alkyl or cyclic N) is 1. The highest BCUT2D eigenvalue weighted by molar-refractivity contribution is 7.99. The second kappa shape index (κ2) is 10.3. The van der Waals surface area contributed by atoms with Crippen molar-refractivity contribution in [3.63, 3.8) is 0 Å². The molecule has 0 bridgehead atoms. The fraction of sp³-hybridized carbons (Fsp3) is 0.733. The molecule has 2 heterocycles. The number of nitrogens with zero attached hydrogens (tertiary/aromatic N) is 4. The Bertz CT molecular complexity index is 1010. The molecule has 7 nitrogen and oxygen atoms in total. The molecule has 1 spiro atoms. The molecule has 1 N–H and O–H groups in total. The first-order valence-electron chi connectivity index (χ1n) is 14.4. The predicted octanol–water partition coefficient (Wildman–Crippen LogP) is 4.01. The molecule has 4 aliphatic rings. The number of hydrogen-bond donors (Lipinski definition) is 1. The SMILES string of the molecule is CN(C)C1(c2ccccc2)CCC2(CC1)CN(CC(C)(C)C(=O)N1CCSCC1)C(=O)N2CC1(O)CCC1. The van der Waals surface area contributed by atoms with Gasteiger partial charge in [0.25, 0.3) is 0 Å². The Morgan fingerprint density at radius 2 is 1.66 bits per heavy atom. The van der Waals surface area contributed by atoms with Crippen molar-refractivity contribution in [2.24, 2.45) is 5.41 Å². The van der Waals surface area contributed by atoms with Gasteiger partial charge in [0.1, 0.15) is 0 Å². The average molecular weight is 543 g/mol. The Morgan fingerprint density at radius 3 is 2.21 bits per heavy atom. The Morgan fingerprint density at radius 1 is 1.03 bits per heavy atom. The Kier molecular flexibility index (Phi) is 7.55. The quantitative estimate of drug-likeness (QED) is 0.564. The molecule has 0 aromatic heterocycles. The van der Waals surface area contributed by atoms with E-state index in [4.69, 9.17) is 0 Å². The third kappa shape index (κ3) is 4.97. The molecular weight excluding hydrogens is 496 g/mol. The molecule has 5 rings (SSSR count). The molecule has 2 saturated heterocycles. The number of hydrogen-bond acceptors (Lipinski definition) is 5. The molecule has 2 saturated carbocycles. The molecule has 38 heavy (non-hydrogen) atoms. The first-order chi connectivity index (χ1) is 18.0. The minimum Gasteiger partial charge on any atom is -0.388 e. The number of benzene rings is 1. The predicted molar refractivity (Wildman–Crippen MR) is 153 cm³/mol. The Hall–Kier alpha value is -1.77. The van der Waals surface area contributed by atoms with Gasteiger partial charge in [0.05, 0.1) is 23.1 Å². The van der Waals surface area contributed by atoms with E-state index in [1.165, 1.54) is 5.56 Å². The molecule has 2 aliphatic carbocycles. The lowest BCUT2D eigenvalue weighted by atomic mass is 9.67. The van der Waals surface area contributed by atoms with Crippen LogP contribution in [0.2, 0.25) is 0 Å². The van der Waals surface area contributed by atoms with Crippen LogP contribution < -0.4 is 0 Å². The number of thioether (sulfide) groups is 1. The van der Waals surface area contributed by atoms with Crippen LogP contribution in [0.5, 0.6) is 0 Å². The molecule has 0 radical (unpaired) electrons. The zero-order chi connectivity index (χ0) is 27.2. The molecule has 2 aliphatic heterocycles. The third-order valence-corrected chi connectivity index (χ3v) is 10.9. The van der Waals surface area contributed by atoms with Crippen LogP contribution >= 0.6 is 11.8 Å². The lowest BCUT2D eigenvalue weighted by Crippen LogP contribution is -2.59. The zero-order valence-corrected chi connectivity index (χ0v) is 24.6. The first kappa shape index (κ1) is 27.8. The summed E-state index contributed by atoms with van der Waals surface area (Å²) in [5, 5.41) is 11.2. The van der Waals surface area contributed by atoms with Gasteiger partial charge in [-0.1, -0.05) is 30.3 Å². The van der Waals surface area contributed by atoms with Crippen LogP contribution in [0.3, 0.4) is 0 Å². The van der Waals surface area contributed by atoms with Gasteiger partial charge in [0, 0.05) is 43.2 Å². The maximum absolute atomic E-state index is 14.0. The molecule has 8 heteroatoms. The summed E-state index contributed by atoms with van der Waals surface area (Å²) < 4.78 is 0. The summed E-state index contributed by atoms with van der Waals surface area (Å²) in [6.45, 7) is 7.01. The van der Waals surface area contributed by atoms with Crippen molar-refractivity contribution in [3.05, 3.63) is 35.9 Å². The maximum Gasteiger partial charge on any atom is 0.320 e. The van der Waals surface area contributed by atoms with Gasteiger partial charge in [-0.05, 0) is 78.5 Å². The summed E-state index contributed by atoms with van der Waals surface area (Å²) in [7, 11) is 4.33. The normalized spacial score (nSPS) is 29.7. The van der Waals surface area contributed by atoms with Crippen LogP contribution in [-0.2, 0) is 10.3 Å². The van der Waals surface area contributed by atoms with E-state index < -0.39 is 11.0 Å². The number of amides is 3. The van der Waals surface area contributed by atoms with Gasteiger partial charge in [-0.2, -0.15) is 11.8 Å². The van der Waals surface area contributed by atoms with Gasteiger partial charge >= 0.3 is 6.03 Å². The van der Waals surface area contributed by atoms with Crippen LogP contribution in [0.1, 0.15) is 64.4 Å². The van der Waals surface area contributed by atoms with Gasteiger partial charge in [-0.15, -0.1) is 0 Å².